The van der Waals surface area contributed by atoms with Crippen LogP contribution in [0.3, 0.4) is 0 Å². The van der Waals surface area contributed by atoms with Crippen LogP contribution in [-0.4, -0.2) is 48.7 Å². The molecule has 0 spiro atoms. The van der Waals surface area contributed by atoms with Gasteiger partial charge in [0.15, 0.2) is 5.76 Å². The molecule has 6 aromatic rings. The zero-order valence-corrected chi connectivity index (χ0v) is 23.3. The monoisotopic (exact) mass is 549 g/mol. The van der Waals surface area contributed by atoms with Gasteiger partial charge in [0.2, 0.25) is 0 Å². The Kier molecular flexibility index (Phi) is 6.29. The molecule has 1 atom stereocenters. The van der Waals surface area contributed by atoms with E-state index in [-0.39, 0.29) is 5.56 Å². The Bertz CT molecular complexity index is 1940. The maximum absolute atomic E-state index is 13.9. The van der Waals surface area contributed by atoms with Crippen molar-refractivity contribution in [1.29, 1.82) is 0 Å². The van der Waals surface area contributed by atoms with Crippen LogP contribution in [0.2, 0.25) is 0 Å². The Morgan fingerprint density at radius 3 is 2.66 bits per heavy atom. The molecule has 0 amide bonds. The molecule has 6 heterocycles. The van der Waals surface area contributed by atoms with Crippen LogP contribution in [0.25, 0.3) is 55.6 Å². The Hall–Kier alpha value is -4.54. The smallest absolute Gasteiger partial charge is 0.262 e. The van der Waals surface area contributed by atoms with E-state index in [2.05, 4.69) is 50.9 Å². The number of pyridine rings is 2. The van der Waals surface area contributed by atoms with Crippen molar-refractivity contribution in [2.75, 3.05) is 13.2 Å². The van der Waals surface area contributed by atoms with Gasteiger partial charge in [0.25, 0.3) is 5.56 Å². The van der Waals surface area contributed by atoms with Crippen LogP contribution in [0.4, 0.5) is 0 Å². The van der Waals surface area contributed by atoms with Crippen molar-refractivity contribution in [1.82, 2.24) is 34.8 Å². The molecule has 2 N–H and O–H groups in total. The molecule has 5 aromatic heterocycles. The summed E-state index contributed by atoms with van der Waals surface area (Å²) in [6.45, 7) is 4.20. The molecule has 1 aliphatic rings. The van der Waals surface area contributed by atoms with Crippen LogP contribution in [0.15, 0.2) is 64.3 Å². The van der Waals surface area contributed by atoms with Gasteiger partial charge in [-0.05, 0) is 37.0 Å². The molecule has 1 unspecified atom stereocenters. The highest BCUT2D eigenvalue weighted by molar-refractivity contribution is 6.15. The van der Waals surface area contributed by atoms with E-state index in [0.717, 1.165) is 82.5 Å². The van der Waals surface area contributed by atoms with Gasteiger partial charge in [0.1, 0.15) is 5.65 Å². The predicted octanol–water partition coefficient (Wildman–Crippen LogP) is 4.71. The summed E-state index contributed by atoms with van der Waals surface area (Å²) in [5, 5.41) is 13.9. The molecule has 7 rings (SSSR count). The molecule has 10 heteroatoms. The number of rotatable bonds is 6. The van der Waals surface area contributed by atoms with E-state index in [1.54, 1.807) is 22.5 Å². The van der Waals surface area contributed by atoms with E-state index >= 15 is 0 Å². The summed E-state index contributed by atoms with van der Waals surface area (Å²) in [6.07, 6.45) is 7.74. The number of hydrogen-bond donors (Lipinski definition) is 2. The van der Waals surface area contributed by atoms with Crippen molar-refractivity contribution in [3.05, 3.63) is 76.6 Å². The molecule has 41 heavy (non-hydrogen) atoms. The van der Waals surface area contributed by atoms with Crippen LogP contribution in [0, 0.1) is 6.92 Å². The number of hydrogen-bond acceptors (Lipinski definition) is 7. The lowest BCUT2D eigenvalue weighted by molar-refractivity contribution is 0.0699. The van der Waals surface area contributed by atoms with E-state index < -0.39 is 0 Å². The van der Waals surface area contributed by atoms with Crippen LogP contribution in [-0.2, 0) is 25.4 Å². The van der Waals surface area contributed by atoms with Crippen molar-refractivity contribution in [2.45, 2.75) is 32.4 Å². The summed E-state index contributed by atoms with van der Waals surface area (Å²) < 4.78 is 14.7. The van der Waals surface area contributed by atoms with Gasteiger partial charge in [-0.15, -0.1) is 0 Å². The average Bonchev–Trinajstić information content (AvgIpc) is 3.74. The van der Waals surface area contributed by atoms with Crippen LogP contribution >= 0.6 is 0 Å². The minimum atomic E-state index is -0.170. The summed E-state index contributed by atoms with van der Waals surface area (Å²) in [6, 6.07) is 12.6. The zero-order valence-electron chi connectivity index (χ0n) is 23.3. The first-order chi connectivity index (χ1) is 20.0. The highest BCUT2D eigenvalue weighted by Gasteiger charge is 2.24. The molecular weight excluding hydrogens is 518 g/mol. The van der Waals surface area contributed by atoms with Crippen molar-refractivity contribution in [3.8, 4) is 33.7 Å². The molecule has 0 saturated carbocycles. The molecule has 0 bridgehead atoms. The van der Waals surface area contributed by atoms with E-state index in [9.17, 15) is 4.79 Å². The number of nitrogens with zero attached hydrogens (tertiary/aromatic N) is 5. The fourth-order valence-corrected chi connectivity index (χ4v) is 5.76. The molecule has 1 fully saturated rings. The molecule has 10 nitrogen and oxygen atoms in total. The van der Waals surface area contributed by atoms with Gasteiger partial charge in [-0.2, -0.15) is 5.10 Å². The largest absolute Gasteiger partial charge is 0.380 e. The second-order valence-corrected chi connectivity index (χ2v) is 10.8. The van der Waals surface area contributed by atoms with Crippen LogP contribution in [0.5, 0.6) is 0 Å². The maximum atomic E-state index is 13.9. The lowest BCUT2D eigenvalue weighted by Gasteiger charge is -2.23. The number of benzene rings is 1. The van der Waals surface area contributed by atoms with E-state index in [1.165, 1.54) is 0 Å². The number of fused-ring (bicyclic) bond motifs is 3. The molecular formula is C31H31N7O3. The van der Waals surface area contributed by atoms with Crippen molar-refractivity contribution >= 4 is 21.9 Å². The Morgan fingerprint density at radius 1 is 1.10 bits per heavy atom. The minimum absolute atomic E-state index is 0.170. The number of aromatic amines is 1. The normalized spacial score (nSPS) is 15.7. The third-order valence-electron chi connectivity index (χ3n) is 7.91. The molecule has 0 radical (unpaired) electrons. The first kappa shape index (κ1) is 25.4. The first-order valence-corrected chi connectivity index (χ1v) is 13.8. The van der Waals surface area contributed by atoms with Gasteiger partial charge in [0.05, 0.1) is 41.5 Å². The number of nitrogens with one attached hydrogen (secondary N) is 2. The SMILES string of the molecule is Cc1cc(-c2c(-c3ccc(CNC4CCCOC4)cc3)c3c4cc(-c5cnn(C)c5)[nH]c4ncc3n(C)c2=O)on1. The highest BCUT2D eigenvalue weighted by atomic mass is 16.5. The van der Waals surface area contributed by atoms with E-state index in [4.69, 9.17) is 14.2 Å². The average molecular weight is 550 g/mol. The van der Waals surface area contributed by atoms with Crippen molar-refractivity contribution in [2.24, 2.45) is 14.1 Å². The highest BCUT2D eigenvalue weighted by Crippen LogP contribution is 2.40. The number of aromatic nitrogens is 6. The van der Waals surface area contributed by atoms with Gasteiger partial charge < -0.3 is 24.1 Å². The Morgan fingerprint density at radius 2 is 1.95 bits per heavy atom. The lowest BCUT2D eigenvalue weighted by atomic mass is 9.93. The van der Waals surface area contributed by atoms with Gasteiger partial charge >= 0.3 is 0 Å². The summed E-state index contributed by atoms with van der Waals surface area (Å²) in [5.74, 6) is 0.441. The summed E-state index contributed by atoms with van der Waals surface area (Å²) >= 11 is 0. The summed E-state index contributed by atoms with van der Waals surface area (Å²) in [7, 11) is 3.66. The third kappa shape index (κ3) is 4.55. The zero-order chi connectivity index (χ0) is 28.1. The quantitative estimate of drug-likeness (QED) is 0.309. The standard InChI is InChI=1S/C31H31N7O3/c1-18-11-26(41-36-18)29-27(20-8-6-19(7-9-20)13-32-22-5-4-10-40-17-22)28-23-12-24(21-14-34-37(2)16-21)35-30(23)33-15-25(28)38(3)31(29)39/h6-9,11-12,14-16,22,32H,4-5,10,13,17H2,1-3H3,(H,33,35). The fourth-order valence-electron chi connectivity index (χ4n) is 5.76. The van der Waals surface area contributed by atoms with Crippen LogP contribution in [0.1, 0.15) is 24.1 Å². The maximum Gasteiger partial charge on any atom is 0.262 e. The second-order valence-electron chi connectivity index (χ2n) is 10.8. The first-order valence-electron chi connectivity index (χ1n) is 13.8. The summed E-state index contributed by atoms with van der Waals surface area (Å²) in [5.41, 5.74) is 7.21. The Labute approximate surface area is 236 Å². The molecule has 0 aliphatic carbocycles. The van der Waals surface area contributed by atoms with Gasteiger partial charge in [-0.1, -0.05) is 29.4 Å². The van der Waals surface area contributed by atoms with Crippen molar-refractivity contribution < 1.29 is 9.26 Å². The number of ether oxygens (including phenoxy) is 1. The molecule has 1 saturated heterocycles. The topological polar surface area (TPSA) is 116 Å². The Balaban J connectivity index is 1.42. The fraction of sp³-hybridized carbons (Fsp3) is 0.290. The van der Waals surface area contributed by atoms with E-state index in [1.807, 2.05) is 32.4 Å². The van der Waals surface area contributed by atoms with Crippen LogP contribution < -0.4 is 10.9 Å². The predicted molar refractivity (Wildman–Crippen MR) is 157 cm³/mol. The second kappa shape index (κ2) is 10.1. The lowest BCUT2D eigenvalue weighted by Crippen LogP contribution is -2.36. The molecule has 1 aromatic carbocycles. The van der Waals surface area contributed by atoms with Crippen molar-refractivity contribution in [3.63, 3.8) is 0 Å². The van der Waals surface area contributed by atoms with Gasteiger partial charge in [-0.25, -0.2) is 4.98 Å². The van der Waals surface area contributed by atoms with E-state index in [0.29, 0.717) is 23.1 Å². The molecule has 1 aliphatic heterocycles. The summed E-state index contributed by atoms with van der Waals surface area (Å²) in [4.78, 5) is 22.0. The molecule has 208 valence electrons. The number of H-pyrrole nitrogens is 1. The minimum Gasteiger partial charge on any atom is -0.380 e. The van der Waals surface area contributed by atoms with Gasteiger partial charge in [0, 0.05) is 67.5 Å². The number of aryl methyl sites for hydroxylation is 3. The van der Waals surface area contributed by atoms with Gasteiger partial charge in [-0.3, -0.25) is 9.48 Å². The third-order valence-corrected chi connectivity index (χ3v) is 7.91.